The van der Waals surface area contributed by atoms with Crippen LogP contribution in [0.25, 0.3) is 0 Å². The Hall–Kier alpha value is -1.22. The van der Waals surface area contributed by atoms with Gasteiger partial charge in [-0.25, -0.2) is 0 Å². The molecule has 118 valence electrons. The van der Waals surface area contributed by atoms with Gasteiger partial charge in [0.05, 0.1) is 18.8 Å². The minimum absolute atomic E-state index is 0.123. The lowest BCUT2D eigenvalue weighted by Gasteiger charge is -2.47. The van der Waals surface area contributed by atoms with E-state index in [0.29, 0.717) is 13.2 Å². The highest BCUT2D eigenvalue weighted by Crippen LogP contribution is 2.51. The van der Waals surface area contributed by atoms with Gasteiger partial charge in [-0.15, -0.1) is 0 Å². The number of ether oxygens (including phenoxy) is 2. The minimum atomic E-state index is -0.790. The zero-order valence-corrected chi connectivity index (χ0v) is 13.7. The molecule has 3 heteroatoms. The van der Waals surface area contributed by atoms with Gasteiger partial charge in [0.1, 0.15) is 0 Å². The average molecular weight is 292 g/mol. The van der Waals surface area contributed by atoms with Crippen molar-refractivity contribution in [2.45, 2.75) is 59.0 Å². The smallest absolute Gasteiger partial charge is 0.161 e. The fourth-order valence-electron chi connectivity index (χ4n) is 3.34. The van der Waals surface area contributed by atoms with Crippen molar-refractivity contribution in [2.75, 3.05) is 13.2 Å². The van der Waals surface area contributed by atoms with Crippen LogP contribution in [-0.2, 0) is 5.60 Å². The first kappa shape index (κ1) is 16.2. The highest BCUT2D eigenvalue weighted by Gasteiger charge is 2.46. The SMILES string of the molecule is CCOc1ccc(C2(O)CCCCC2(C)C)cc1OCC. The van der Waals surface area contributed by atoms with Gasteiger partial charge in [-0.1, -0.05) is 32.8 Å². The molecule has 0 amide bonds. The van der Waals surface area contributed by atoms with Crippen molar-refractivity contribution in [3.8, 4) is 11.5 Å². The Morgan fingerprint density at radius 1 is 1.00 bits per heavy atom. The van der Waals surface area contributed by atoms with E-state index in [4.69, 9.17) is 9.47 Å². The third-order valence-electron chi connectivity index (χ3n) is 4.73. The summed E-state index contributed by atoms with van der Waals surface area (Å²) in [7, 11) is 0. The van der Waals surface area contributed by atoms with Gasteiger partial charge in [0.2, 0.25) is 0 Å². The van der Waals surface area contributed by atoms with Crippen LogP contribution in [0.3, 0.4) is 0 Å². The summed E-state index contributed by atoms with van der Waals surface area (Å²) in [5.41, 5.74) is 0.0306. The fraction of sp³-hybridized carbons (Fsp3) is 0.667. The summed E-state index contributed by atoms with van der Waals surface area (Å²) in [5.74, 6) is 1.48. The number of hydrogen-bond acceptors (Lipinski definition) is 3. The standard InChI is InChI=1S/C18H28O3/c1-5-20-15-10-9-14(13-16(15)21-6-2)18(19)12-8-7-11-17(18,3)4/h9-10,13,19H,5-8,11-12H2,1-4H3. The second kappa shape index (κ2) is 6.27. The molecule has 1 aliphatic rings. The number of rotatable bonds is 5. The second-order valence-corrected chi connectivity index (χ2v) is 6.48. The highest BCUT2D eigenvalue weighted by atomic mass is 16.5. The van der Waals surface area contributed by atoms with E-state index in [-0.39, 0.29) is 5.41 Å². The molecule has 0 aromatic heterocycles. The van der Waals surface area contributed by atoms with Crippen LogP contribution in [0.15, 0.2) is 18.2 Å². The lowest BCUT2D eigenvalue weighted by molar-refractivity contribution is -0.104. The number of hydrogen-bond donors (Lipinski definition) is 1. The predicted molar refractivity (Wildman–Crippen MR) is 84.9 cm³/mol. The quantitative estimate of drug-likeness (QED) is 0.880. The summed E-state index contributed by atoms with van der Waals surface area (Å²) in [6.45, 7) is 9.43. The summed E-state index contributed by atoms with van der Waals surface area (Å²) in [4.78, 5) is 0. The fourth-order valence-corrected chi connectivity index (χ4v) is 3.34. The van der Waals surface area contributed by atoms with Gasteiger partial charge in [0, 0.05) is 0 Å². The molecule has 1 atom stereocenters. The van der Waals surface area contributed by atoms with Crippen molar-refractivity contribution in [3.05, 3.63) is 23.8 Å². The van der Waals surface area contributed by atoms with Crippen molar-refractivity contribution >= 4 is 0 Å². The normalized spacial score (nSPS) is 24.6. The Morgan fingerprint density at radius 2 is 1.62 bits per heavy atom. The van der Waals surface area contributed by atoms with Crippen LogP contribution in [0, 0.1) is 5.41 Å². The molecule has 1 saturated carbocycles. The van der Waals surface area contributed by atoms with Crippen LogP contribution in [0.5, 0.6) is 11.5 Å². The van der Waals surface area contributed by atoms with Gasteiger partial charge in [-0.3, -0.25) is 0 Å². The molecule has 1 unspecified atom stereocenters. The maximum absolute atomic E-state index is 11.3. The van der Waals surface area contributed by atoms with E-state index >= 15 is 0 Å². The largest absolute Gasteiger partial charge is 0.490 e. The van der Waals surface area contributed by atoms with E-state index in [1.165, 1.54) is 6.42 Å². The molecule has 0 saturated heterocycles. The van der Waals surface area contributed by atoms with E-state index in [1.807, 2.05) is 32.0 Å². The van der Waals surface area contributed by atoms with Gasteiger partial charge in [0.25, 0.3) is 0 Å². The molecule has 1 aromatic carbocycles. The summed E-state index contributed by atoms with van der Waals surface area (Å²) in [6, 6.07) is 5.87. The zero-order valence-electron chi connectivity index (χ0n) is 13.7. The molecule has 0 radical (unpaired) electrons. The average Bonchev–Trinajstić information content (AvgIpc) is 2.44. The molecule has 0 aliphatic heterocycles. The summed E-state index contributed by atoms with van der Waals surface area (Å²) >= 11 is 0. The summed E-state index contributed by atoms with van der Waals surface area (Å²) in [6.07, 6.45) is 4.10. The van der Waals surface area contributed by atoms with Crippen LogP contribution in [0.4, 0.5) is 0 Å². The maximum atomic E-state index is 11.3. The summed E-state index contributed by atoms with van der Waals surface area (Å²) < 4.78 is 11.3. The predicted octanol–water partition coefficient (Wildman–Crippen LogP) is 4.27. The van der Waals surface area contributed by atoms with Crippen LogP contribution in [0.1, 0.15) is 58.9 Å². The van der Waals surface area contributed by atoms with E-state index in [2.05, 4.69) is 13.8 Å². The first-order valence-electron chi connectivity index (χ1n) is 8.07. The van der Waals surface area contributed by atoms with Gasteiger partial charge in [-0.05, 0) is 49.8 Å². The van der Waals surface area contributed by atoms with E-state index in [0.717, 1.165) is 36.3 Å². The van der Waals surface area contributed by atoms with Gasteiger partial charge >= 0.3 is 0 Å². The molecule has 1 aromatic rings. The molecule has 21 heavy (non-hydrogen) atoms. The van der Waals surface area contributed by atoms with E-state index in [1.54, 1.807) is 0 Å². The summed E-state index contributed by atoms with van der Waals surface area (Å²) in [5, 5.41) is 11.3. The third kappa shape index (κ3) is 3.03. The van der Waals surface area contributed by atoms with E-state index in [9.17, 15) is 5.11 Å². The van der Waals surface area contributed by atoms with E-state index < -0.39 is 5.60 Å². The van der Waals surface area contributed by atoms with Gasteiger partial charge in [0.15, 0.2) is 11.5 Å². The van der Waals surface area contributed by atoms with Crippen LogP contribution < -0.4 is 9.47 Å². The van der Waals surface area contributed by atoms with Gasteiger partial charge in [-0.2, -0.15) is 0 Å². The Bertz CT molecular complexity index is 481. The lowest BCUT2D eigenvalue weighted by Crippen LogP contribution is -2.44. The molecule has 0 heterocycles. The molecule has 0 bridgehead atoms. The number of benzene rings is 1. The van der Waals surface area contributed by atoms with Crippen molar-refractivity contribution in [2.24, 2.45) is 5.41 Å². The molecule has 2 rings (SSSR count). The maximum Gasteiger partial charge on any atom is 0.161 e. The van der Waals surface area contributed by atoms with Crippen LogP contribution in [0.2, 0.25) is 0 Å². The Labute approximate surface area is 128 Å². The minimum Gasteiger partial charge on any atom is -0.490 e. The molecule has 1 aliphatic carbocycles. The van der Waals surface area contributed by atoms with Crippen molar-refractivity contribution in [3.63, 3.8) is 0 Å². The number of aliphatic hydroxyl groups is 1. The zero-order chi connectivity index (χ0) is 15.5. The highest BCUT2D eigenvalue weighted by molar-refractivity contribution is 5.45. The first-order valence-corrected chi connectivity index (χ1v) is 8.07. The van der Waals surface area contributed by atoms with Gasteiger partial charge < -0.3 is 14.6 Å². The Kier molecular flexibility index (Phi) is 4.82. The second-order valence-electron chi connectivity index (χ2n) is 6.48. The molecule has 0 spiro atoms. The first-order chi connectivity index (χ1) is 9.94. The van der Waals surface area contributed by atoms with Crippen molar-refractivity contribution in [1.29, 1.82) is 0 Å². The topological polar surface area (TPSA) is 38.7 Å². The molecular formula is C18H28O3. The van der Waals surface area contributed by atoms with Crippen LogP contribution >= 0.6 is 0 Å². The third-order valence-corrected chi connectivity index (χ3v) is 4.73. The lowest BCUT2D eigenvalue weighted by atomic mass is 9.62. The Balaban J connectivity index is 2.41. The van der Waals surface area contributed by atoms with Crippen molar-refractivity contribution < 1.29 is 14.6 Å². The van der Waals surface area contributed by atoms with Crippen molar-refractivity contribution in [1.82, 2.24) is 0 Å². The Morgan fingerprint density at radius 3 is 2.24 bits per heavy atom. The molecule has 1 N–H and O–H groups in total. The van der Waals surface area contributed by atoms with Crippen LogP contribution in [-0.4, -0.2) is 18.3 Å². The monoisotopic (exact) mass is 292 g/mol. The molecule has 3 nitrogen and oxygen atoms in total. The molecule has 1 fully saturated rings. The molecular weight excluding hydrogens is 264 g/mol.